The fourth-order valence-corrected chi connectivity index (χ4v) is 5.66. The third-order valence-electron chi connectivity index (χ3n) is 6.54. The average Bonchev–Trinajstić information content (AvgIpc) is 3.54. The Balaban J connectivity index is 1.38. The molecule has 1 saturated heterocycles. The third-order valence-corrected chi connectivity index (χ3v) is 7.56. The summed E-state index contributed by atoms with van der Waals surface area (Å²) in [4.78, 5) is 18.8. The van der Waals surface area contributed by atoms with Gasteiger partial charge in [-0.05, 0) is 59.7 Å². The molecular formula is C25H21F6N5O2S. The van der Waals surface area contributed by atoms with E-state index >= 15 is 0 Å². The van der Waals surface area contributed by atoms with Gasteiger partial charge in [-0.2, -0.15) is 36.4 Å². The second-order valence-corrected chi connectivity index (χ2v) is 10.3. The minimum Gasteiger partial charge on any atom is -0.394 e. The summed E-state index contributed by atoms with van der Waals surface area (Å²) in [5, 5.41) is 14.8. The van der Waals surface area contributed by atoms with Gasteiger partial charge >= 0.3 is 12.4 Å². The Kier molecular flexibility index (Phi) is 6.97. The quantitative estimate of drug-likeness (QED) is 0.355. The summed E-state index contributed by atoms with van der Waals surface area (Å²) in [6.07, 6.45) is -6.25. The van der Waals surface area contributed by atoms with Crippen LogP contribution in [-0.2, 0) is 23.7 Å². The number of benzene rings is 2. The predicted molar refractivity (Wildman–Crippen MR) is 133 cm³/mol. The molecule has 2 atom stereocenters. The first kappa shape index (κ1) is 27.2. The SMILES string of the molecule is N[C@@H]1C[C@H](CO)N(C2=NC(=O)/C(=C/c3ccc4c(cnn4Cc4ccc(C(F)(F)F)cc4C(F)(F)F)c3)S2)C1. The highest BCUT2D eigenvalue weighted by molar-refractivity contribution is 8.18. The molecule has 0 radical (unpaired) electrons. The van der Waals surface area contributed by atoms with E-state index in [-0.39, 0.29) is 30.3 Å². The third kappa shape index (κ3) is 5.54. The average molecular weight is 570 g/mol. The molecule has 1 aromatic heterocycles. The first-order chi connectivity index (χ1) is 18.3. The number of aromatic nitrogens is 2. The molecule has 0 spiro atoms. The maximum absolute atomic E-state index is 13.6. The number of aliphatic imine (C=N–C) groups is 1. The Labute approximate surface area is 222 Å². The molecule has 3 aromatic rings. The second-order valence-electron chi connectivity index (χ2n) is 9.28. The van der Waals surface area contributed by atoms with Crippen molar-refractivity contribution in [3.63, 3.8) is 0 Å². The van der Waals surface area contributed by atoms with E-state index in [1.54, 1.807) is 24.3 Å². The summed E-state index contributed by atoms with van der Waals surface area (Å²) in [6, 6.07) is 6.13. The number of rotatable bonds is 4. The molecule has 1 amide bonds. The van der Waals surface area contributed by atoms with Crippen LogP contribution >= 0.6 is 11.8 Å². The number of hydrogen-bond donors (Lipinski definition) is 2. The van der Waals surface area contributed by atoms with Gasteiger partial charge in [-0.3, -0.25) is 9.48 Å². The van der Waals surface area contributed by atoms with Gasteiger partial charge in [-0.15, -0.1) is 0 Å². The van der Waals surface area contributed by atoms with Gasteiger partial charge in [-0.25, -0.2) is 0 Å². The van der Waals surface area contributed by atoms with Crippen LogP contribution in [0.1, 0.15) is 28.7 Å². The van der Waals surface area contributed by atoms with E-state index in [2.05, 4.69) is 10.1 Å². The normalized spacial score (nSPS) is 21.4. The van der Waals surface area contributed by atoms with E-state index in [4.69, 9.17) is 5.73 Å². The number of alkyl halides is 6. The number of nitrogens with two attached hydrogens (primary N) is 1. The molecule has 7 nitrogen and oxygen atoms in total. The maximum Gasteiger partial charge on any atom is 0.416 e. The molecule has 2 aromatic carbocycles. The van der Waals surface area contributed by atoms with Crippen molar-refractivity contribution in [1.29, 1.82) is 0 Å². The molecule has 1 fully saturated rings. The van der Waals surface area contributed by atoms with Crippen LogP contribution in [0.5, 0.6) is 0 Å². The number of carbonyl (C=O) groups excluding carboxylic acids is 1. The number of aliphatic hydroxyl groups excluding tert-OH is 1. The Morgan fingerprint density at radius 1 is 1.10 bits per heavy atom. The van der Waals surface area contributed by atoms with Crippen LogP contribution in [0.2, 0.25) is 0 Å². The molecule has 39 heavy (non-hydrogen) atoms. The molecule has 5 rings (SSSR count). The zero-order valence-corrected chi connectivity index (χ0v) is 20.8. The number of amidine groups is 1. The van der Waals surface area contributed by atoms with Crippen LogP contribution in [-0.4, -0.2) is 56.1 Å². The molecule has 0 aliphatic carbocycles. The van der Waals surface area contributed by atoms with Crippen molar-refractivity contribution >= 4 is 39.8 Å². The Morgan fingerprint density at radius 3 is 2.56 bits per heavy atom. The van der Waals surface area contributed by atoms with E-state index in [9.17, 15) is 36.2 Å². The van der Waals surface area contributed by atoms with Crippen molar-refractivity contribution in [2.24, 2.45) is 10.7 Å². The fraction of sp³-hybridized carbons (Fsp3) is 0.320. The Bertz CT molecular complexity index is 1500. The number of aliphatic hydroxyl groups is 1. The Morgan fingerprint density at radius 2 is 1.87 bits per heavy atom. The standard InChI is InChI=1S/C25H21F6N5O2S/c26-24(27,28)16-3-2-14(19(7-16)25(29,30)31)10-36-20-4-1-13(5-15(20)9-33-36)6-21-22(38)34-23(39-21)35-11-17(32)8-18(35)12-37/h1-7,9,17-18,37H,8,10-12,32H2/b21-6-/t17-,18-/m1/s1. The van der Waals surface area contributed by atoms with Crippen LogP contribution in [0, 0.1) is 0 Å². The summed E-state index contributed by atoms with van der Waals surface area (Å²) >= 11 is 1.16. The summed E-state index contributed by atoms with van der Waals surface area (Å²) in [5.41, 5.74) is 3.95. The summed E-state index contributed by atoms with van der Waals surface area (Å²) < 4.78 is 80.9. The lowest BCUT2D eigenvalue weighted by Gasteiger charge is -2.23. The lowest BCUT2D eigenvalue weighted by Crippen LogP contribution is -2.36. The summed E-state index contributed by atoms with van der Waals surface area (Å²) in [6.45, 7) is -0.0394. The Hall–Kier alpha value is -3.36. The zero-order valence-electron chi connectivity index (χ0n) is 20.0. The zero-order chi connectivity index (χ0) is 28.1. The van der Waals surface area contributed by atoms with Gasteiger partial charge < -0.3 is 15.7 Å². The lowest BCUT2D eigenvalue weighted by molar-refractivity contribution is -0.143. The van der Waals surface area contributed by atoms with Crippen LogP contribution in [0.25, 0.3) is 17.0 Å². The van der Waals surface area contributed by atoms with Gasteiger partial charge in [0.15, 0.2) is 5.17 Å². The van der Waals surface area contributed by atoms with Crippen molar-refractivity contribution in [2.45, 2.75) is 37.4 Å². The number of thioether (sulfide) groups is 1. The molecule has 0 unspecified atom stereocenters. The van der Waals surface area contributed by atoms with Gasteiger partial charge in [0.2, 0.25) is 0 Å². The monoisotopic (exact) mass is 569 g/mol. The van der Waals surface area contributed by atoms with Crippen LogP contribution < -0.4 is 5.73 Å². The molecule has 14 heteroatoms. The fourth-order valence-electron chi connectivity index (χ4n) is 4.67. The van der Waals surface area contributed by atoms with Crippen molar-refractivity contribution in [3.8, 4) is 0 Å². The molecule has 0 saturated carbocycles. The number of nitrogens with zero attached hydrogens (tertiary/aromatic N) is 4. The minimum absolute atomic E-state index is 0.108. The van der Waals surface area contributed by atoms with Crippen LogP contribution in [0.3, 0.4) is 0 Å². The minimum atomic E-state index is -4.98. The van der Waals surface area contributed by atoms with Gasteiger partial charge in [0.1, 0.15) is 0 Å². The van der Waals surface area contributed by atoms with Gasteiger partial charge in [0, 0.05) is 18.0 Å². The smallest absolute Gasteiger partial charge is 0.394 e. The molecule has 2 aliphatic heterocycles. The molecule has 3 heterocycles. The number of amides is 1. The summed E-state index contributed by atoms with van der Waals surface area (Å²) in [7, 11) is 0. The topological polar surface area (TPSA) is 96.7 Å². The van der Waals surface area contributed by atoms with Crippen molar-refractivity contribution in [2.75, 3.05) is 13.2 Å². The first-order valence-electron chi connectivity index (χ1n) is 11.7. The van der Waals surface area contributed by atoms with E-state index in [0.29, 0.717) is 45.6 Å². The summed E-state index contributed by atoms with van der Waals surface area (Å²) in [5.74, 6) is -0.440. The number of fused-ring (bicyclic) bond motifs is 1. The van der Waals surface area contributed by atoms with Crippen molar-refractivity contribution in [1.82, 2.24) is 14.7 Å². The highest BCUT2D eigenvalue weighted by atomic mass is 32.2. The predicted octanol–water partition coefficient (Wildman–Crippen LogP) is 4.49. The highest BCUT2D eigenvalue weighted by Gasteiger charge is 2.38. The van der Waals surface area contributed by atoms with E-state index < -0.39 is 35.9 Å². The largest absolute Gasteiger partial charge is 0.416 e. The van der Waals surface area contributed by atoms with Crippen LogP contribution in [0.4, 0.5) is 26.3 Å². The number of likely N-dealkylation sites (tertiary alicyclic amines) is 1. The highest BCUT2D eigenvalue weighted by Crippen LogP contribution is 2.38. The van der Waals surface area contributed by atoms with Crippen molar-refractivity contribution in [3.05, 3.63) is 69.8 Å². The number of carbonyl (C=O) groups is 1. The maximum atomic E-state index is 13.6. The van der Waals surface area contributed by atoms with E-state index in [1.165, 1.54) is 10.9 Å². The van der Waals surface area contributed by atoms with Crippen molar-refractivity contribution < 1.29 is 36.2 Å². The first-order valence-corrected chi connectivity index (χ1v) is 12.5. The molecular weight excluding hydrogens is 548 g/mol. The van der Waals surface area contributed by atoms with Gasteiger partial charge in [-0.1, -0.05) is 12.1 Å². The second kappa shape index (κ2) is 9.99. The molecule has 3 N–H and O–H groups in total. The van der Waals surface area contributed by atoms with Gasteiger partial charge in [0.25, 0.3) is 5.91 Å². The van der Waals surface area contributed by atoms with E-state index in [0.717, 1.165) is 17.8 Å². The number of hydrogen-bond acceptors (Lipinski definition) is 6. The van der Waals surface area contributed by atoms with Gasteiger partial charge in [0.05, 0.1) is 46.9 Å². The van der Waals surface area contributed by atoms with Crippen LogP contribution in [0.15, 0.2) is 52.5 Å². The molecule has 206 valence electrons. The lowest BCUT2D eigenvalue weighted by atomic mass is 10.0. The number of halogens is 6. The van der Waals surface area contributed by atoms with E-state index in [1.807, 2.05) is 4.90 Å². The molecule has 2 aliphatic rings. The molecule has 0 bridgehead atoms.